The van der Waals surface area contributed by atoms with Gasteiger partial charge in [-0.1, -0.05) is 11.8 Å². The lowest BCUT2D eigenvalue weighted by Crippen LogP contribution is -2.14. The molecule has 27 heavy (non-hydrogen) atoms. The Bertz CT molecular complexity index is 991. The van der Waals surface area contributed by atoms with Crippen LogP contribution in [0.1, 0.15) is 36.6 Å². The molecule has 7 heteroatoms. The Kier molecular flexibility index (Phi) is 5.70. The van der Waals surface area contributed by atoms with Crippen LogP contribution in [0, 0.1) is 20.8 Å². The van der Waals surface area contributed by atoms with Gasteiger partial charge in [0.1, 0.15) is 11.5 Å². The zero-order valence-corrected chi connectivity index (χ0v) is 16.9. The van der Waals surface area contributed by atoms with Crippen LogP contribution in [0.15, 0.2) is 38.6 Å². The van der Waals surface area contributed by atoms with Gasteiger partial charge in [0, 0.05) is 22.6 Å². The molecular formula is C20H23N3O3S. The van der Waals surface area contributed by atoms with Crippen molar-refractivity contribution in [3.63, 3.8) is 0 Å². The number of hydrogen-bond donors (Lipinski definition) is 1. The predicted molar refractivity (Wildman–Crippen MR) is 106 cm³/mol. The van der Waals surface area contributed by atoms with Crippen molar-refractivity contribution >= 4 is 11.8 Å². The summed E-state index contributed by atoms with van der Waals surface area (Å²) in [6.45, 7) is 9.47. The van der Waals surface area contributed by atoms with Gasteiger partial charge in [-0.05, 0) is 58.9 Å². The summed E-state index contributed by atoms with van der Waals surface area (Å²) in [4.78, 5) is 23.7. The molecule has 1 N–H and O–H groups in total. The number of nitrogens with zero attached hydrogens (tertiary/aromatic N) is 2. The van der Waals surface area contributed by atoms with E-state index < -0.39 is 0 Å². The van der Waals surface area contributed by atoms with Crippen LogP contribution in [0.4, 0.5) is 0 Å². The number of aromatic nitrogens is 3. The van der Waals surface area contributed by atoms with Crippen LogP contribution in [0.2, 0.25) is 0 Å². The maximum atomic E-state index is 11.9. The summed E-state index contributed by atoms with van der Waals surface area (Å²) in [5.74, 6) is 2.71. The predicted octanol–water partition coefficient (Wildman–Crippen LogP) is 4.43. The SMILES string of the molecule is Cc1nc(SCc2nc(-c3ccc(OC(C)C)cc3)oc2C)[nH]c(=O)c1C. The molecule has 2 aromatic heterocycles. The van der Waals surface area contributed by atoms with Crippen molar-refractivity contribution < 1.29 is 9.15 Å². The molecule has 0 aliphatic carbocycles. The highest BCUT2D eigenvalue weighted by Crippen LogP contribution is 2.27. The Balaban J connectivity index is 1.74. The average molecular weight is 385 g/mol. The van der Waals surface area contributed by atoms with E-state index in [1.807, 2.05) is 52.0 Å². The molecular weight excluding hydrogens is 362 g/mol. The molecule has 2 heterocycles. The number of thioether (sulfide) groups is 1. The van der Waals surface area contributed by atoms with Gasteiger partial charge < -0.3 is 14.1 Å². The number of aromatic amines is 1. The molecule has 3 rings (SSSR count). The van der Waals surface area contributed by atoms with Crippen LogP contribution < -0.4 is 10.3 Å². The van der Waals surface area contributed by atoms with Gasteiger partial charge in [-0.2, -0.15) is 0 Å². The molecule has 0 unspecified atom stereocenters. The van der Waals surface area contributed by atoms with Crippen LogP contribution >= 0.6 is 11.8 Å². The summed E-state index contributed by atoms with van der Waals surface area (Å²) in [6, 6.07) is 7.69. The largest absolute Gasteiger partial charge is 0.491 e. The first-order valence-corrected chi connectivity index (χ1v) is 9.75. The number of oxazole rings is 1. The van der Waals surface area contributed by atoms with E-state index in [2.05, 4.69) is 15.0 Å². The average Bonchev–Trinajstić information content (AvgIpc) is 2.98. The zero-order chi connectivity index (χ0) is 19.6. The Morgan fingerprint density at radius 3 is 2.48 bits per heavy atom. The first kappa shape index (κ1) is 19.2. The molecule has 0 fully saturated rings. The normalized spacial score (nSPS) is 11.2. The molecule has 1 aromatic carbocycles. The van der Waals surface area contributed by atoms with Crippen LogP contribution in [0.3, 0.4) is 0 Å². The number of aryl methyl sites for hydroxylation is 2. The van der Waals surface area contributed by atoms with Gasteiger partial charge >= 0.3 is 0 Å². The summed E-state index contributed by atoms with van der Waals surface area (Å²) >= 11 is 1.43. The number of H-pyrrole nitrogens is 1. The van der Waals surface area contributed by atoms with Crippen LogP contribution in [-0.4, -0.2) is 21.1 Å². The molecule has 142 valence electrons. The van der Waals surface area contributed by atoms with Gasteiger partial charge in [-0.15, -0.1) is 0 Å². The summed E-state index contributed by atoms with van der Waals surface area (Å²) in [7, 11) is 0. The molecule has 3 aromatic rings. The van der Waals surface area contributed by atoms with E-state index in [4.69, 9.17) is 9.15 Å². The smallest absolute Gasteiger partial charge is 0.254 e. The lowest BCUT2D eigenvalue weighted by atomic mass is 10.2. The minimum Gasteiger partial charge on any atom is -0.491 e. The van der Waals surface area contributed by atoms with Gasteiger partial charge in [-0.25, -0.2) is 9.97 Å². The fourth-order valence-corrected chi connectivity index (χ4v) is 3.37. The Labute approximate surface area is 162 Å². The standard InChI is InChI=1S/C20H23N3O3S/c1-11(2)25-16-8-6-15(7-9-16)19-22-17(14(5)26-19)10-27-20-21-13(4)12(3)18(24)23-20/h6-9,11H,10H2,1-5H3,(H,21,23,24). The summed E-state index contributed by atoms with van der Waals surface area (Å²) < 4.78 is 11.5. The Morgan fingerprint density at radius 1 is 1.15 bits per heavy atom. The molecule has 0 bridgehead atoms. The molecule has 0 aliphatic rings. The van der Waals surface area contributed by atoms with Crippen LogP contribution in [0.25, 0.3) is 11.5 Å². The van der Waals surface area contributed by atoms with E-state index in [0.29, 0.717) is 22.4 Å². The number of nitrogens with one attached hydrogen (secondary N) is 1. The molecule has 0 atom stereocenters. The summed E-state index contributed by atoms with van der Waals surface area (Å²) in [5, 5.41) is 0.585. The van der Waals surface area contributed by atoms with Crippen molar-refractivity contribution in [2.75, 3.05) is 0 Å². The van der Waals surface area contributed by atoms with E-state index >= 15 is 0 Å². The third-order valence-corrected chi connectivity index (χ3v) is 4.97. The second kappa shape index (κ2) is 8.00. The molecule has 0 radical (unpaired) electrons. The van der Waals surface area contributed by atoms with E-state index in [1.165, 1.54) is 11.8 Å². The summed E-state index contributed by atoms with van der Waals surface area (Å²) in [6.07, 6.45) is 0.133. The Morgan fingerprint density at radius 2 is 1.85 bits per heavy atom. The monoisotopic (exact) mass is 385 g/mol. The molecule has 0 spiro atoms. The van der Waals surface area contributed by atoms with Crippen molar-refractivity contribution in [1.29, 1.82) is 0 Å². The zero-order valence-electron chi connectivity index (χ0n) is 16.1. The van der Waals surface area contributed by atoms with Crippen molar-refractivity contribution in [2.45, 2.75) is 51.6 Å². The van der Waals surface area contributed by atoms with Crippen molar-refractivity contribution in [3.8, 4) is 17.2 Å². The van der Waals surface area contributed by atoms with Crippen molar-refractivity contribution in [1.82, 2.24) is 15.0 Å². The van der Waals surface area contributed by atoms with Crippen LogP contribution in [0.5, 0.6) is 5.75 Å². The van der Waals surface area contributed by atoms with Gasteiger partial charge in [-0.3, -0.25) is 4.79 Å². The van der Waals surface area contributed by atoms with E-state index in [9.17, 15) is 4.79 Å². The molecule has 0 aliphatic heterocycles. The van der Waals surface area contributed by atoms with Crippen molar-refractivity contribution in [2.24, 2.45) is 0 Å². The third-order valence-electron chi connectivity index (χ3n) is 4.08. The van der Waals surface area contributed by atoms with Gasteiger partial charge in [0.25, 0.3) is 5.56 Å². The highest BCUT2D eigenvalue weighted by molar-refractivity contribution is 7.98. The second-order valence-corrected chi connectivity index (χ2v) is 7.55. The number of ether oxygens (including phenoxy) is 1. The van der Waals surface area contributed by atoms with Gasteiger partial charge in [0.2, 0.25) is 5.89 Å². The quantitative estimate of drug-likeness (QED) is 0.499. The summed E-state index contributed by atoms with van der Waals surface area (Å²) in [5.41, 5.74) is 3.00. The number of hydrogen-bond acceptors (Lipinski definition) is 6. The molecule has 0 saturated heterocycles. The highest BCUT2D eigenvalue weighted by Gasteiger charge is 2.13. The lowest BCUT2D eigenvalue weighted by Gasteiger charge is -2.09. The maximum Gasteiger partial charge on any atom is 0.254 e. The van der Waals surface area contributed by atoms with E-state index in [1.54, 1.807) is 6.92 Å². The fraction of sp³-hybridized carbons (Fsp3) is 0.350. The minimum atomic E-state index is -0.105. The lowest BCUT2D eigenvalue weighted by molar-refractivity contribution is 0.242. The molecule has 0 saturated carbocycles. The van der Waals surface area contributed by atoms with E-state index in [-0.39, 0.29) is 11.7 Å². The van der Waals surface area contributed by atoms with Gasteiger partial charge in [0.15, 0.2) is 5.16 Å². The minimum absolute atomic E-state index is 0.105. The maximum absolute atomic E-state index is 11.9. The first-order valence-electron chi connectivity index (χ1n) is 8.77. The number of benzene rings is 1. The molecule has 6 nitrogen and oxygen atoms in total. The fourth-order valence-electron chi connectivity index (χ4n) is 2.46. The van der Waals surface area contributed by atoms with Crippen molar-refractivity contribution in [3.05, 3.63) is 57.3 Å². The number of rotatable bonds is 6. The Hall–Kier alpha value is -2.54. The topological polar surface area (TPSA) is 81.0 Å². The second-order valence-electron chi connectivity index (χ2n) is 6.58. The highest BCUT2D eigenvalue weighted by atomic mass is 32.2. The van der Waals surface area contributed by atoms with Crippen LogP contribution in [-0.2, 0) is 5.75 Å². The molecule has 0 amide bonds. The van der Waals surface area contributed by atoms with Gasteiger partial charge in [0.05, 0.1) is 11.8 Å². The first-order chi connectivity index (χ1) is 12.8. The third kappa shape index (κ3) is 4.60. The van der Waals surface area contributed by atoms with E-state index in [0.717, 1.165) is 28.5 Å².